The first-order valence-electron chi connectivity index (χ1n) is 7.42. The molecule has 0 radical (unpaired) electrons. The Morgan fingerprint density at radius 1 is 1.22 bits per heavy atom. The van der Waals surface area contributed by atoms with E-state index in [4.69, 9.17) is 4.74 Å². The Hall–Kier alpha value is -0.570. The van der Waals surface area contributed by atoms with Gasteiger partial charge in [-0.3, -0.25) is 4.79 Å². The number of amides is 1. The second kappa shape index (κ2) is 7.78. The van der Waals surface area contributed by atoms with E-state index in [-0.39, 0.29) is 0 Å². The lowest BCUT2D eigenvalue weighted by molar-refractivity contribution is -0.134. The maximum Gasteiger partial charge on any atom is 0.222 e. The van der Waals surface area contributed by atoms with Gasteiger partial charge in [0.25, 0.3) is 0 Å². The summed E-state index contributed by atoms with van der Waals surface area (Å²) in [5.41, 5.74) is 0. The fourth-order valence-corrected chi connectivity index (χ4v) is 2.45. The molecule has 0 unspecified atom stereocenters. The van der Waals surface area contributed by atoms with Gasteiger partial charge in [-0.1, -0.05) is 20.3 Å². The van der Waals surface area contributed by atoms with Crippen molar-refractivity contribution in [1.82, 2.24) is 4.90 Å². The maximum absolute atomic E-state index is 12.0. The smallest absolute Gasteiger partial charge is 0.222 e. The predicted octanol–water partition coefficient (Wildman–Crippen LogP) is 3.23. The van der Waals surface area contributed by atoms with Crippen molar-refractivity contribution in [3.8, 4) is 0 Å². The molecule has 1 heterocycles. The minimum absolute atomic E-state index is 0.295. The summed E-state index contributed by atoms with van der Waals surface area (Å²) >= 11 is 0. The van der Waals surface area contributed by atoms with Gasteiger partial charge in [-0.15, -0.1) is 0 Å². The normalized spacial score (nSPS) is 17.8. The Balaban J connectivity index is 2.19. The van der Waals surface area contributed by atoms with Crippen LogP contribution in [0.5, 0.6) is 0 Å². The van der Waals surface area contributed by atoms with Gasteiger partial charge in [-0.25, -0.2) is 0 Å². The first-order valence-corrected chi connectivity index (χ1v) is 7.42. The minimum Gasteiger partial charge on any atom is -0.375 e. The van der Waals surface area contributed by atoms with Crippen LogP contribution in [0.1, 0.15) is 59.8 Å². The average molecular weight is 255 g/mol. The van der Waals surface area contributed by atoms with Crippen LogP contribution in [-0.2, 0) is 9.53 Å². The largest absolute Gasteiger partial charge is 0.375 e. The lowest BCUT2D eigenvalue weighted by atomic mass is 10.0. The van der Waals surface area contributed by atoms with Crippen molar-refractivity contribution in [2.24, 2.45) is 5.92 Å². The number of hydrogen-bond donors (Lipinski definition) is 0. The average Bonchev–Trinajstić information content (AvgIpc) is 2.28. The molecule has 0 spiro atoms. The molecule has 0 atom stereocenters. The second-order valence-corrected chi connectivity index (χ2v) is 6.05. The van der Waals surface area contributed by atoms with Gasteiger partial charge in [0.15, 0.2) is 0 Å². The lowest BCUT2D eigenvalue weighted by Gasteiger charge is -2.33. The molecule has 1 rings (SSSR count). The number of likely N-dealkylation sites (tertiary alicyclic amines) is 1. The van der Waals surface area contributed by atoms with Crippen LogP contribution < -0.4 is 0 Å². The van der Waals surface area contributed by atoms with Gasteiger partial charge < -0.3 is 9.64 Å². The van der Waals surface area contributed by atoms with Crippen molar-refractivity contribution in [2.45, 2.75) is 72.0 Å². The highest BCUT2D eigenvalue weighted by atomic mass is 16.5. The highest BCUT2D eigenvalue weighted by Gasteiger charge is 2.23. The maximum atomic E-state index is 12.0. The van der Waals surface area contributed by atoms with Crippen LogP contribution in [-0.4, -0.2) is 36.1 Å². The summed E-state index contributed by atoms with van der Waals surface area (Å²) in [4.78, 5) is 14.0. The molecule has 1 saturated heterocycles. The zero-order chi connectivity index (χ0) is 13.5. The quantitative estimate of drug-likeness (QED) is 0.729. The van der Waals surface area contributed by atoms with E-state index < -0.39 is 0 Å². The zero-order valence-corrected chi connectivity index (χ0v) is 12.4. The Bertz CT molecular complexity index is 243. The molecule has 3 nitrogen and oxygen atoms in total. The number of rotatable bonds is 6. The van der Waals surface area contributed by atoms with Gasteiger partial charge in [0.05, 0.1) is 12.2 Å². The monoisotopic (exact) mass is 255 g/mol. The molecule has 3 heteroatoms. The van der Waals surface area contributed by atoms with Crippen LogP contribution in [0, 0.1) is 5.92 Å². The number of carbonyl (C=O) groups is 1. The van der Waals surface area contributed by atoms with Crippen LogP contribution in [0.25, 0.3) is 0 Å². The summed E-state index contributed by atoms with van der Waals surface area (Å²) in [6.07, 6.45) is 5.53. The fourth-order valence-electron chi connectivity index (χ4n) is 2.45. The molecule has 0 aliphatic carbocycles. The molecule has 0 aromatic carbocycles. The standard InChI is InChI=1S/C15H29NO2/c1-12(2)6-5-7-15(17)16-10-8-14(9-11-16)18-13(3)4/h12-14H,5-11H2,1-4H3. The van der Waals surface area contributed by atoms with Crippen LogP contribution in [0.2, 0.25) is 0 Å². The van der Waals surface area contributed by atoms with Crippen molar-refractivity contribution in [1.29, 1.82) is 0 Å². The second-order valence-electron chi connectivity index (χ2n) is 6.05. The first-order chi connectivity index (χ1) is 8.49. The number of piperidine rings is 1. The summed E-state index contributed by atoms with van der Waals surface area (Å²) in [6.45, 7) is 10.3. The molecule has 0 aromatic rings. The summed E-state index contributed by atoms with van der Waals surface area (Å²) in [5.74, 6) is 1.03. The molecule has 1 fully saturated rings. The van der Waals surface area contributed by atoms with E-state index in [1.807, 2.05) is 4.90 Å². The van der Waals surface area contributed by atoms with Gasteiger partial charge in [0, 0.05) is 19.5 Å². The molecule has 0 saturated carbocycles. The fraction of sp³-hybridized carbons (Fsp3) is 0.933. The summed E-state index contributed by atoms with van der Waals surface area (Å²) in [6, 6.07) is 0. The third-order valence-electron chi connectivity index (χ3n) is 3.43. The van der Waals surface area contributed by atoms with Gasteiger partial charge in [0.2, 0.25) is 5.91 Å². The predicted molar refractivity (Wildman–Crippen MR) is 74.5 cm³/mol. The van der Waals surface area contributed by atoms with E-state index in [0.717, 1.165) is 38.8 Å². The van der Waals surface area contributed by atoms with Crippen LogP contribution in [0.3, 0.4) is 0 Å². The highest BCUT2D eigenvalue weighted by Crippen LogP contribution is 2.17. The molecule has 1 aliphatic heterocycles. The van der Waals surface area contributed by atoms with Crippen molar-refractivity contribution < 1.29 is 9.53 Å². The molecular weight excluding hydrogens is 226 g/mol. The molecule has 1 aliphatic rings. The third-order valence-corrected chi connectivity index (χ3v) is 3.43. The van der Waals surface area contributed by atoms with E-state index in [1.54, 1.807) is 0 Å². The number of nitrogens with zero attached hydrogens (tertiary/aromatic N) is 1. The van der Waals surface area contributed by atoms with Gasteiger partial charge in [0.1, 0.15) is 0 Å². The van der Waals surface area contributed by atoms with E-state index in [1.165, 1.54) is 0 Å². The van der Waals surface area contributed by atoms with Gasteiger partial charge in [-0.2, -0.15) is 0 Å². The highest BCUT2D eigenvalue weighted by molar-refractivity contribution is 5.76. The molecular formula is C15H29NO2. The number of ether oxygens (including phenoxy) is 1. The number of carbonyl (C=O) groups excluding carboxylic acids is 1. The first kappa shape index (κ1) is 15.5. The Morgan fingerprint density at radius 2 is 1.83 bits per heavy atom. The molecule has 0 bridgehead atoms. The van der Waals surface area contributed by atoms with E-state index in [2.05, 4.69) is 27.7 Å². The van der Waals surface area contributed by atoms with Crippen LogP contribution >= 0.6 is 0 Å². The van der Waals surface area contributed by atoms with E-state index in [0.29, 0.717) is 30.5 Å². The molecule has 0 N–H and O–H groups in total. The summed E-state index contributed by atoms with van der Waals surface area (Å²) < 4.78 is 5.79. The lowest BCUT2D eigenvalue weighted by Crippen LogP contribution is -2.41. The van der Waals surface area contributed by atoms with E-state index in [9.17, 15) is 4.79 Å². The van der Waals surface area contributed by atoms with Crippen molar-refractivity contribution in [2.75, 3.05) is 13.1 Å². The van der Waals surface area contributed by atoms with Crippen molar-refractivity contribution in [3.63, 3.8) is 0 Å². The van der Waals surface area contributed by atoms with Gasteiger partial charge in [-0.05, 0) is 39.0 Å². The van der Waals surface area contributed by atoms with Crippen LogP contribution in [0.4, 0.5) is 0 Å². The Kier molecular flexibility index (Phi) is 6.69. The minimum atomic E-state index is 0.295. The molecule has 0 aromatic heterocycles. The summed E-state index contributed by atoms with van der Waals surface area (Å²) in [5, 5.41) is 0. The Labute approximate surface area is 112 Å². The molecule has 18 heavy (non-hydrogen) atoms. The van der Waals surface area contributed by atoms with E-state index >= 15 is 0 Å². The number of hydrogen-bond acceptors (Lipinski definition) is 2. The third kappa shape index (κ3) is 5.85. The topological polar surface area (TPSA) is 29.5 Å². The van der Waals surface area contributed by atoms with Gasteiger partial charge >= 0.3 is 0 Å². The Morgan fingerprint density at radius 3 is 2.33 bits per heavy atom. The summed E-state index contributed by atoms with van der Waals surface area (Å²) in [7, 11) is 0. The van der Waals surface area contributed by atoms with Crippen molar-refractivity contribution >= 4 is 5.91 Å². The molecule has 1 amide bonds. The molecule has 106 valence electrons. The zero-order valence-electron chi connectivity index (χ0n) is 12.4. The van der Waals surface area contributed by atoms with Crippen molar-refractivity contribution in [3.05, 3.63) is 0 Å². The van der Waals surface area contributed by atoms with Crippen LogP contribution in [0.15, 0.2) is 0 Å². The SMILES string of the molecule is CC(C)CCCC(=O)N1CCC(OC(C)C)CC1.